The van der Waals surface area contributed by atoms with Gasteiger partial charge in [0.15, 0.2) is 0 Å². The Hall–Kier alpha value is -3.23. The van der Waals surface area contributed by atoms with Crippen molar-refractivity contribution in [3.05, 3.63) is 64.7 Å². The van der Waals surface area contributed by atoms with E-state index in [-0.39, 0.29) is 48.4 Å². The minimum absolute atomic E-state index is 0.0285. The summed E-state index contributed by atoms with van der Waals surface area (Å²) in [7, 11) is 0. The summed E-state index contributed by atoms with van der Waals surface area (Å²) >= 11 is 6.20. The van der Waals surface area contributed by atoms with Gasteiger partial charge in [-0.2, -0.15) is 0 Å². The number of piperazine rings is 1. The number of hydrogen-bond acceptors (Lipinski definition) is 6. The van der Waals surface area contributed by atoms with Crippen molar-refractivity contribution in [3.63, 3.8) is 0 Å². The summed E-state index contributed by atoms with van der Waals surface area (Å²) in [6.07, 6.45) is 3.10. The Kier molecular flexibility index (Phi) is 7.00. The molecule has 0 atom stereocenters. The minimum atomic E-state index is -0.820. The van der Waals surface area contributed by atoms with Crippen LogP contribution >= 0.6 is 11.6 Å². The van der Waals surface area contributed by atoms with Gasteiger partial charge in [0.25, 0.3) is 0 Å². The van der Waals surface area contributed by atoms with Crippen LogP contribution in [0.1, 0.15) is 41.6 Å². The SMILES string of the molecule is NCC1(c2cccc(Cl)c2)CCC(N2CC(=O)N(c3cccc(C(=O)OC=O)c3)CC2=O)CC1. The van der Waals surface area contributed by atoms with E-state index in [4.69, 9.17) is 17.3 Å². The largest absolute Gasteiger partial charge is 0.392 e. The molecule has 2 aromatic rings. The van der Waals surface area contributed by atoms with Gasteiger partial charge in [-0.05, 0) is 61.6 Å². The second-order valence-electron chi connectivity index (χ2n) is 8.78. The number of hydrogen-bond donors (Lipinski definition) is 1. The van der Waals surface area contributed by atoms with E-state index in [9.17, 15) is 19.2 Å². The van der Waals surface area contributed by atoms with Gasteiger partial charge in [0.2, 0.25) is 11.8 Å². The molecule has 1 heterocycles. The molecular weight excluding hydrogens is 458 g/mol. The topological polar surface area (TPSA) is 110 Å². The average molecular weight is 484 g/mol. The summed E-state index contributed by atoms with van der Waals surface area (Å²) in [4.78, 5) is 51.3. The van der Waals surface area contributed by atoms with Crippen LogP contribution in [0.15, 0.2) is 48.5 Å². The Balaban J connectivity index is 1.44. The third-order valence-corrected chi connectivity index (χ3v) is 7.18. The van der Waals surface area contributed by atoms with Crippen LogP contribution in [-0.2, 0) is 24.5 Å². The van der Waals surface area contributed by atoms with Crippen LogP contribution < -0.4 is 10.6 Å². The van der Waals surface area contributed by atoms with Crippen LogP contribution in [0.25, 0.3) is 0 Å². The Bertz CT molecular complexity index is 1110. The van der Waals surface area contributed by atoms with Gasteiger partial charge in [-0.3, -0.25) is 14.4 Å². The van der Waals surface area contributed by atoms with Crippen LogP contribution in [0.2, 0.25) is 5.02 Å². The van der Waals surface area contributed by atoms with Crippen LogP contribution in [0.4, 0.5) is 5.69 Å². The molecular formula is C25H26ClN3O5. The number of halogens is 1. The summed E-state index contributed by atoms with van der Waals surface area (Å²) in [6.45, 7) is 0.402. The number of nitrogens with two attached hydrogens (primary N) is 1. The molecule has 2 aliphatic rings. The van der Waals surface area contributed by atoms with E-state index in [0.29, 0.717) is 17.3 Å². The summed E-state index contributed by atoms with van der Waals surface area (Å²) in [5.41, 5.74) is 7.65. The van der Waals surface area contributed by atoms with E-state index in [1.54, 1.807) is 17.0 Å². The van der Waals surface area contributed by atoms with E-state index >= 15 is 0 Å². The van der Waals surface area contributed by atoms with Gasteiger partial charge in [0.05, 0.1) is 5.56 Å². The van der Waals surface area contributed by atoms with Gasteiger partial charge in [-0.15, -0.1) is 0 Å². The normalized spacial score (nSPS) is 23.1. The number of ether oxygens (including phenoxy) is 1. The van der Waals surface area contributed by atoms with Crippen LogP contribution in [0.3, 0.4) is 0 Å². The van der Waals surface area contributed by atoms with Crippen molar-refractivity contribution in [2.45, 2.75) is 37.1 Å². The molecule has 1 saturated carbocycles. The monoisotopic (exact) mass is 483 g/mol. The number of carbonyl (C=O) groups is 4. The first-order valence-corrected chi connectivity index (χ1v) is 11.6. The standard InChI is InChI=1S/C25H26ClN3O5/c26-19-5-2-4-18(12-19)25(15-27)9-7-20(8-10-25)28-13-23(32)29(14-22(28)31)21-6-1-3-17(11-21)24(33)34-16-30/h1-6,11-12,16,20H,7-10,13-15,27H2. The lowest BCUT2D eigenvalue weighted by atomic mass is 9.68. The van der Waals surface area contributed by atoms with Crippen LogP contribution in [0.5, 0.6) is 0 Å². The zero-order valence-electron chi connectivity index (χ0n) is 18.6. The number of nitrogens with zero attached hydrogens (tertiary/aromatic N) is 2. The van der Waals surface area contributed by atoms with E-state index in [1.165, 1.54) is 17.0 Å². The Labute approximate surface area is 202 Å². The maximum absolute atomic E-state index is 13.0. The highest BCUT2D eigenvalue weighted by molar-refractivity contribution is 6.30. The van der Waals surface area contributed by atoms with Gasteiger partial charge >= 0.3 is 12.4 Å². The zero-order valence-corrected chi connectivity index (χ0v) is 19.4. The Morgan fingerprint density at radius 2 is 1.82 bits per heavy atom. The molecule has 0 aromatic heterocycles. The number of amides is 2. The first kappa shape index (κ1) is 23.9. The predicted molar refractivity (Wildman–Crippen MR) is 126 cm³/mol. The van der Waals surface area contributed by atoms with Crippen molar-refractivity contribution in [1.82, 2.24) is 4.90 Å². The van der Waals surface area contributed by atoms with Gasteiger partial charge in [0.1, 0.15) is 13.1 Å². The summed E-state index contributed by atoms with van der Waals surface area (Å²) < 4.78 is 4.36. The van der Waals surface area contributed by atoms with Crippen molar-refractivity contribution < 1.29 is 23.9 Å². The highest BCUT2D eigenvalue weighted by Gasteiger charge is 2.41. The lowest BCUT2D eigenvalue weighted by Gasteiger charge is -2.45. The lowest BCUT2D eigenvalue weighted by Crippen LogP contribution is -2.58. The molecule has 2 fully saturated rings. The third-order valence-electron chi connectivity index (χ3n) is 6.95. The summed E-state index contributed by atoms with van der Waals surface area (Å²) in [5, 5.41) is 0.674. The molecule has 2 amide bonds. The highest BCUT2D eigenvalue weighted by Crippen LogP contribution is 2.41. The fourth-order valence-electron chi connectivity index (χ4n) is 5.01. The van der Waals surface area contributed by atoms with Crippen molar-refractivity contribution in [1.29, 1.82) is 0 Å². The number of anilines is 1. The van der Waals surface area contributed by atoms with Gasteiger partial charge in [-0.1, -0.05) is 29.8 Å². The molecule has 9 heteroatoms. The van der Waals surface area contributed by atoms with Crippen LogP contribution in [0, 0.1) is 0 Å². The molecule has 34 heavy (non-hydrogen) atoms. The van der Waals surface area contributed by atoms with Crippen molar-refractivity contribution in [2.75, 3.05) is 24.5 Å². The van der Waals surface area contributed by atoms with Gasteiger partial charge in [0, 0.05) is 28.7 Å². The molecule has 2 N–H and O–H groups in total. The number of esters is 1. The Morgan fingerprint density at radius 1 is 1.09 bits per heavy atom. The summed E-state index contributed by atoms with van der Waals surface area (Å²) in [5.74, 6) is -1.20. The van der Waals surface area contributed by atoms with Crippen molar-refractivity contribution >= 4 is 41.5 Å². The maximum atomic E-state index is 13.0. The molecule has 1 aliphatic heterocycles. The minimum Gasteiger partial charge on any atom is -0.392 e. The van der Waals surface area contributed by atoms with Crippen molar-refractivity contribution in [2.24, 2.45) is 5.73 Å². The van der Waals surface area contributed by atoms with Crippen molar-refractivity contribution in [3.8, 4) is 0 Å². The molecule has 0 spiro atoms. The molecule has 1 aliphatic carbocycles. The molecule has 2 aromatic carbocycles. The number of carbonyl (C=O) groups excluding carboxylic acids is 4. The third kappa shape index (κ3) is 4.69. The maximum Gasteiger partial charge on any atom is 0.345 e. The fraction of sp³-hybridized carbons (Fsp3) is 0.360. The highest BCUT2D eigenvalue weighted by atomic mass is 35.5. The molecule has 4 rings (SSSR count). The number of rotatable bonds is 6. The quantitative estimate of drug-likeness (QED) is 0.384. The molecule has 0 radical (unpaired) electrons. The van der Waals surface area contributed by atoms with Crippen LogP contribution in [-0.4, -0.2) is 54.8 Å². The van der Waals surface area contributed by atoms with Gasteiger partial charge in [-0.25, -0.2) is 4.79 Å². The first-order valence-electron chi connectivity index (χ1n) is 11.2. The second kappa shape index (κ2) is 9.95. The fourth-order valence-corrected chi connectivity index (χ4v) is 5.20. The zero-order chi connectivity index (χ0) is 24.3. The molecule has 1 saturated heterocycles. The van der Waals surface area contributed by atoms with E-state index in [1.807, 2.05) is 24.3 Å². The molecule has 178 valence electrons. The average Bonchev–Trinajstić information content (AvgIpc) is 2.85. The van der Waals surface area contributed by atoms with E-state index in [0.717, 1.165) is 31.2 Å². The summed E-state index contributed by atoms with van der Waals surface area (Å²) in [6, 6.07) is 13.9. The smallest absolute Gasteiger partial charge is 0.345 e. The van der Waals surface area contributed by atoms with Gasteiger partial charge < -0.3 is 20.3 Å². The van der Waals surface area contributed by atoms with E-state index < -0.39 is 5.97 Å². The first-order chi connectivity index (χ1) is 16.4. The number of benzene rings is 2. The molecule has 0 bridgehead atoms. The Morgan fingerprint density at radius 3 is 2.50 bits per heavy atom. The predicted octanol–water partition coefficient (Wildman–Crippen LogP) is 2.67. The lowest BCUT2D eigenvalue weighted by molar-refractivity contribution is -0.141. The van der Waals surface area contributed by atoms with E-state index in [2.05, 4.69) is 4.74 Å². The second-order valence-corrected chi connectivity index (χ2v) is 9.22. The molecule has 8 nitrogen and oxygen atoms in total. The molecule has 0 unspecified atom stereocenters.